The number of imidazole rings is 1. The van der Waals surface area contributed by atoms with Gasteiger partial charge in [0, 0.05) is 0 Å². The van der Waals surface area contributed by atoms with Crippen molar-refractivity contribution in [2.75, 3.05) is 0 Å². The maximum absolute atomic E-state index is 13.7. The third-order valence-corrected chi connectivity index (χ3v) is 7.77. The smallest absolute Gasteiger partial charge is 0.244 e. The van der Waals surface area contributed by atoms with Gasteiger partial charge in [0.1, 0.15) is 17.1 Å². The number of carbonyl (C=O) groups excluding carboxylic acids is 1. The Morgan fingerprint density at radius 3 is 2.19 bits per heavy atom. The van der Waals surface area contributed by atoms with E-state index in [1.54, 1.807) is 6.20 Å². The molecule has 0 atom stereocenters. The van der Waals surface area contributed by atoms with Gasteiger partial charge in [0.25, 0.3) is 0 Å². The number of carbonyl (C=O) groups is 1. The van der Waals surface area contributed by atoms with E-state index in [1.807, 2.05) is 25.1 Å². The summed E-state index contributed by atoms with van der Waals surface area (Å²) in [4.78, 5) is 18.7. The molecule has 5 rings (SSSR count). The molecule has 2 aliphatic carbocycles. The van der Waals surface area contributed by atoms with Crippen LogP contribution in [0.3, 0.4) is 0 Å². The molecule has 3 aromatic rings. The molecule has 6 nitrogen and oxygen atoms in total. The van der Waals surface area contributed by atoms with Crippen LogP contribution in [0.2, 0.25) is 0 Å². The number of para-hydroxylation sites is 2. The van der Waals surface area contributed by atoms with Gasteiger partial charge in [0.15, 0.2) is 0 Å². The Balaban J connectivity index is 1.84. The number of rotatable bonds is 5. The molecule has 1 aromatic carbocycles. The van der Waals surface area contributed by atoms with E-state index in [2.05, 4.69) is 15.8 Å². The van der Waals surface area contributed by atoms with Crippen molar-refractivity contribution in [3.8, 4) is 11.4 Å². The number of primary amides is 1. The molecule has 2 aliphatic rings. The van der Waals surface area contributed by atoms with Crippen LogP contribution in [0.4, 0.5) is 0 Å². The molecule has 2 heterocycles. The molecule has 2 N–H and O–H groups in total. The molecule has 1 amide bonds. The lowest BCUT2D eigenvalue weighted by Crippen LogP contribution is -2.58. The summed E-state index contributed by atoms with van der Waals surface area (Å²) in [5, 5.41) is 4.02. The van der Waals surface area contributed by atoms with Crippen LogP contribution in [0.15, 0.2) is 35.0 Å². The van der Waals surface area contributed by atoms with E-state index in [0.717, 1.165) is 73.8 Å². The Hall–Kier alpha value is -2.63. The molecule has 2 fully saturated rings. The molecule has 2 saturated carbocycles. The van der Waals surface area contributed by atoms with Gasteiger partial charge in [0.05, 0.1) is 22.8 Å². The van der Waals surface area contributed by atoms with Gasteiger partial charge < -0.3 is 14.8 Å². The Morgan fingerprint density at radius 1 is 1.03 bits per heavy atom. The largest absolute Gasteiger partial charge is 0.368 e. The fourth-order valence-corrected chi connectivity index (χ4v) is 6.39. The van der Waals surface area contributed by atoms with E-state index < -0.39 is 5.54 Å². The molecule has 0 saturated heterocycles. The van der Waals surface area contributed by atoms with Crippen LogP contribution >= 0.6 is 0 Å². The first-order valence-electron chi connectivity index (χ1n) is 11.8. The number of nitrogens with two attached hydrogens (primary N) is 1. The Morgan fingerprint density at radius 2 is 1.65 bits per heavy atom. The topological polar surface area (TPSA) is 86.9 Å². The highest BCUT2D eigenvalue weighted by Crippen LogP contribution is 2.50. The summed E-state index contributed by atoms with van der Waals surface area (Å²) >= 11 is 0. The normalized spacial score (nSPS) is 19.1. The summed E-state index contributed by atoms with van der Waals surface area (Å²) in [6.45, 7) is 1.90. The van der Waals surface area contributed by atoms with Crippen molar-refractivity contribution in [3.05, 3.63) is 36.2 Å². The first-order valence-corrected chi connectivity index (χ1v) is 11.8. The highest BCUT2D eigenvalue weighted by molar-refractivity contribution is 5.90. The number of aryl methyl sites for hydroxylation is 1. The van der Waals surface area contributed by atoms with Crippen LogP contribution in [0.5, 0.6) is 0 Å². The van der Waals surface area contributed by atoms with Crippen molar-refractivity contribution in [3.63, 3.8) is 0 Å². The Kier molecular flexibility index (Phi) is 5.32. The highest BCUT2D eigenvalue weighted by atomic mass is 16.5. The second-order valence-electron chi connectivity index (χ2n) is 9.41. The van der Waals surface area contributed by atoms with Crippen molar-refractivity contribution in [2.45, 2.75) is 76.7 Å². The monoisotopic (exact) mass is 420 g/mol. The molecular formula is C25H32N4O2. The van der Waals surface area contributed by atoms with Crippen molar-refractivity contribution < 1.29 is 9.32 Å². The number of hydrogen-bond acceptors (Lipinski definition) is 4. The van der Waals surface area contributed by atoms with E-state index in [1.165, 1.54) is 12.8 Å². The van der Waals surface area contributed by atoms with Gasteiger partial charge in [-0.25, -0.2) is 4.98 Å². The summed E-state index contributed by atoms with van der Waals surface area (Å²) in [5.74, 6) is 1.71. The SMILES string of the molecule is Cc1oncc1-c1nc2ccccc2n1C(C(N)=O)(C1CCCCC1)C1CCCCC1. The van der Waals surface area contributed by atoms with E-state index in [0.29, 0.717) is 5.76 Å². The third kappa shape index (κ3) is 3.19. The minimum absolute atomic E-state index is 0.204. The van der Waals surface area contributed by atoms with E-state index in [-0.39, 0.29) is 17.7 Å². The maximum atomic E-state index is 13.7. The average Bonchev–Trinajstić information content (AvgIpc) is 3.39. The maximum Gasteiger partial charge on any atom is 0.244 e. The summed E-state index contributed by atoms with van der Waals surface area (Å²) < 4.78 is 7.63. The van der Waals surface area contributed by atoms with Gasteiger partial charge in [-0.3, -0.25) is 4.79 Å². The predicted molar refractivity (Wildman–Crippen MR) is 120 cm³/mol. The molecule has 0 bridgehead atoms. The molecule has 0 unspecified atom stereocenters. The van der Waals surface area contributed by atoms with Crippen LogP contribution < -0.4 is 5.73 Å². The zero-order chi connectivity index (χ0) is 21.4. The van der Waals surface area contributed by atoms with Crippen LogP contribution in [0.1, 0.15) is 70.0 Å². The van der Waals surface area contributed by atoms with Crippen LogP contribution in [-0.4, -0.2) is 20.6 Å². The molecule has 6 heteroatoms. The fourth-order valence-electron chi connectivity index (χ4n) is 6.39. The molecule has 0 aliphatic heterocycles. The Bertz CT molecular complexity index is 1050. The number of benzene rings is 1. The minimum atomic E-state index is -0.782. The Labute approximate surface area is 183 Å². The average molecular weight is 421 g/mol. The molecular weight excluding hydrogens is 388 g/mol. The quantitative estimate of drug-likeness (QED) is 0.603. The summed E-state index contributed by atoms with van der Waals surface area (Å²) in [6, 6.07) is 8.12. The predicted octanol–water partition coefficient (Wildman–Crippen LogP) is 5.34. The number of hydrogen-bond donors (Lipinski definition) is 1. The number of aromatic nitrogens is 3. The molecule has 2 aromatic heterocycles. The summed E-state index contributed by atoms with van der Waals surface area (Å²) in [7, 11) is 0. The lowest BCUT2D eigenvalue weighted by atomic mass is 9.63. The zero-order valence-electron chi connectivity index (χ0n) is 18.3. The molecule has 0 spiro atoms. The van der Waals surface area contributed by atoms with Gasteiger partial charge in [-0.05, 0) is 56.6 Å². The number of nitrogens with zero attached hydrogens (tertiary/aromatic N) is 3. The summed E-state index contributed by atoms with van der Waals surface area (Å²) in [6.07, 6.45) is 12.9. The molecule has 0 radical (unpaired) electrons. The standard InChI is InChI=1S/C25H32N4O2/c1-17-20(16-27-31-17)23-28-21-14-8-9-15-22(21)29(23)25(24(26)30,18-10-4-2-5-11-18)19-12-6-3-7-13-19/h8-9,14-16,18-19H,2-7,10-13H2,1H3,(H2,26,30). The van der Waals surface area contributed by atoms with Crippen molar-refractivity contribution in [2.24, 2.45) is 17.6 Å². The van der Waals surface area contributed by atoms with Gasteiger partial charge >= 0.3 is 0 Å². The lowest BCUT2D eigenvalue weighted by molar-refractivity contribution is -0.135. The van der Waals surface area contributed by atoms with Crippen molar-refractivity contribution in [1.29, 1.82) is 0 Å². The van der Waals surface area contributed by atoms with E-state index >= 15 is 0 Å². The van der Waals surface area contributed by atoms with Crippen LogP contribution in [0.25, 0.3) is 22.4 Å². The number of amides is 1. The second kappa shape index (κ2) is 8.13. The first-order chi connectivity index (χ1) is 15.1. The second-order valence-corrected chi connectivity index (χ2v) is 9.41. The molecule has 31 heavy (non-hydrogen) atoms. The highest BCUT2D eigenvalue weighted by Gasteiger charge is 2.53. The third-order valence-electron chi connectivity index (χ3n) is 7.77. The lowest BCUT2D eigenvalue weighted by Gasteiger charge is -2.48. The van der Waals surface area contributed by atoms with Crippen molar-refractivity contribution in [1.82, 2.24) is 14.7 Å². The number of fused-ring (bicyclic) bond motifs is 1. The van der Waals surface area contributed by atoms with Gasteiger partial charge in [-0.1, -0.05) is 55.8 Å². The van der Waals surface area contributed by atoms with Crippen LogP contribution in [-0.2, 0) is 10.3 Å². The summed E-state index contributed by atoms with van der Waals surface area (Å²) in [5.41, 5.74) is 8.37. The minimum Gasteiger partial charge on any atom is -0.368 e. The van der Waals surface area contributed by atoms with Crippen LogP contribution in [0, 0.1) is 18.8 Å². The zero-order valence-corrected chi connectivity index (χ0v) is 18.3. The van der Waals surface area contributed by atoms with Gasteiger partial charge in [-0.2, -0.15) is 0 Å². The van der Waals surface area contributed by atoms with E-state index in [4.69, 9.17) is 15.2 Å². The van der Waals surface area contributed by atoms with Crippen molar-refractivity contribution >= 4 is 16.9 Å². The first kappa shape index (κ1) is 20.3. The van der Waals surface area contributed by atoms with Gasteiger partial charge in [0.2, 0.25) is 5.91 Å². The van der Waals surface area contributed by atoms with Gasteiger partial charge in [-0.15, -0.1) is 0 Å². The fraction of sp³-hybridized carbons (Fsp3) is 0.560. The van der Waals surface area contributed by atoms with E-state index in [9.17, 15) is 4.79 Å². The molecule has 164 valence electrons.